The zero-order chi connectivity index (χ0) is 18.8. The molecule has 2 N–H and O–H groups in total. The maximum atomic E-state index is 12.6. The van der Waals surface area contributed by atoms with Gasteiger partial charge in [0.1, 0.15) is 6.54 Å². The summed E-state index contributed by atoms with van der Waals surface area (Å²) in [6, 6.07) is 11.3. The molecule has 7 nitrogen and oxygen atoms in total. The van der Waals surface area contributed by atoms with Gasteiger partial charge in [-0.25, -0.2) is 0 Å². The van der Waals surface area contributed by atoms with Crippen LogP contribution in [0.25, 0.3) is 10.9 Å². The quantitative estimate of drug-likeness (QED) is 0.766. The Kier molecular flexibility index (Phi) is 4.58. The summed E-state index contributed by atoms with van der Waals surface area (Å²) in [6.07, 6.45) is 5.17. The molecule has 0 radical (unpaired) electrons. The Bertz CT molecular complexity index is 983. The van der Waals surface area contributed by atoms with E-state index in [1.807, 2.05) is 35.2 Å². The number of rotatable bonds is 4. The summed E-state index contributed by atoms with van der Waals surface area (Å²) >= 11 is 0. The topological polar surface area (TPSA) is 94.1 Å². The molecule has 1 saturated heterocycles. The molecule has 2 amide bonds. The van der Waals surface area contributed by atoms with Crippen molar-refractivity contribution in [1.29, 1.82) is 0 Å². The Morgan fingerprint density at radius 1 is 1.22 bits per heavy atom. The third-order valence-corrected chi connectivity index (χ3v) is 5.04. The van der Waals surface area contributed by atoms with E-state index in [1.165, 1.54) is 0 Å². The van der Waals surface area contributed by atoms with Crippen LogP contribution in [0.15, 0.2) is 48.8 Å². The van der Waals surface area contributed by atoms with E-state index in [0.717, 1.165) is 23.7 Å². The summed E-state index contributed by atoms with van der Waals surface area (Å²) in [7, 11) is 0. The lowest BCUT2D eigenvalue weighted by atomic mass is 9.90. The average molecular weight is 363 g/mol. The number of aromatic nitrogens is 3. The van der Waals surface area contributed by atoms with Gasteiger partial charge in [-0.3, -0.25) is 19.3 Å². The molecule has 27 heavy (non-hydrogen) atoms. The van der Waals surface area contributed by atoms with E-state index in [4.69, 9.17) is 10.7 Å². The van der Waals surface area contributed by atoms with Crippen molar-refractivity contribution in [2.24, 2.45) is 5.73 Å². The number of fused-ring (bicyclic) bond motifs is 1. The lowest BCUT2D eigenvalue weighted by Crippen LogP contribution is -2.41. The highest BCUT2D eigenvalue weighted by molar-refractivity contribution is 5.97. The zero-order valence-electron chi connectivity index (χ0n) is 14.9. The summed E-state index contributed by atoms with van der Waals surface area (Å²) in [5, 5.41) is 4.98. The van der Waals surface area contributed by atoms with E-state index in [-0.39, 0.29) is 18.4 Å². The van der Waals surface area contributed by atoms with Gasteiger partial charge in [0.15, 0.2) is 0 Å². The maximum Gasteiger partial charge on any atom is 0.250 e. The summed E-state index contributed by atoms with van der Waals surface area (Å²) in [4.78, 5) is 31.2. The molecule has 0 bridgehead atoms. The first kappa shape index (κ1) is 17.2. The molecule has 2 aromatic heterocycles. The average Bonchev–Trinajstić information content (AvgIpc) is 3.20. The molecule has 1 aliphatic heterocycles. The molecule has 4 rings (SSSR count). The number of primary amides is 1. The van der Waals surface area contributed by atoms with Gasteiger partial charge in [-0.05, 0) is 31.0 Å². The minimum Gasteiger partial charge on any atom is -0.366 e. The highest BCUT2D eigenvalue weighted by atomic mass is 16.2. The molecule has 138 valence electrons. The molecule has 3 aromatic rings. The lowest BCUT2D eigenvalue weighted by molar-refractivity contribution is -0.133. The number of nitrogens with zero attached hydrogens (tertiary/aromatic N) is 4. The molecule has 1 unspecified atom stereocenters. The Balaban J connectivity index is 1.61. The first-order valence-electron chi connectivity index (χ1n) is 9.06. The highest BCUT2D eigenvalue weighted by Gasteiger charge is 2.28. The van der Waals surface area contributed by atoms with E-state index in [9.17, 15) is 9.59 Å². The number of benzene rings is 1. The molecule has 0 aliphatic carbocycles. The van der Waals surface area contributed by atoms with E-state index < -0.39 is 5.91 Å². The minimum atomic E-state index is -0.483. The summed E-state index contributed by atoms with van der Waals surface area (Å²) in [5.41, 5.74) is 7.59. The highest BCUT2D eigenvalue weighted by Crippen LogP contribution is 2.30. The van der Waals surface area contributed by atoms with Gasteiger partial charge in [-0.15, -0.1) is 0 Å². The monoisotopic (exact) mass is 363 g/mol. The minimum absolute atomic E-state index is 0.00701. The Morgan fingerprint density at radius 2 is 2.07 bits per heavy atom. The van der Waals surface area contributed by atoms with Crippen LogP contribution in [0.1, 0.15) is 34.8 Å². The van der Waals surface area contributed by atoms with Crippen LogP contribution in [-0.2, 0) is 11.3 Å². The van der Waals surface area contributed by atoms with Crippen molar-refractivity contribution in [2.75, 3.05) is 13.1 Å². The van der Waals surface area contributed by atoms with Crippen LogP contribution in [0.5, 0.6) is 0 Å². The fraction of sp³-hybridized carbons (Fsp3) is 0.300. The fourth-order valence-electron chi connectivity index (χ4n) is 3.70. The van der Waals surface area contributed by atoms with Crippen molar-refractivity contribution in [2.45, 2.75) is 25.3 Å². The zero-order valence-corrected chi connectivity index (χ0v) is 14.9. The van der Waals surface area contributed by atoms with Gasteiger partial charge in [0.05, 0.1) is 16.8 Å². The van der Waals surface area contributed by atoms with E-state index in [1.54, 1.807) is 23.1 Å². The molecular formula is C20H21N5O2. The number of para-hydroxylation sites is 1. The number of hydrogen-bond acceptors (Lipinski definition) is 4. The van der Waals surface area contributed by atoms with Gasteiger partial charge >= 0.3 is 0 Å². The van der Waals surface area contributed by atoms with Crippen LogP contribution in [0.4, 0.5) is 0 Å². The molecule has 1 aromatic carbocycles. The molecule has 0 saturated carbocycles. The lowest BCUT2D eigenvalue weighted by Gasteiger charge is -2.33. The van der Waals surface area contributed by atoms with Gasteiger partial charge in [0.2, 0.25) is 5.91 Å². The van der Waals surface area contributed by atoms with Gasteiger partial charge in [-0.2, -0.15) is 5.10 Å². The largest absolute Gasteiger partial charge is 0.366 e. The number of carbonyl (C=O) groups excluding carboxylic acids is 2. The van der Waals surface area contributed by atoms with Gasteiger partial charge < -0.3 is 10.6 Å². The second kappa shape index (κ2) is 7.19. The van der Waals surface area contributed by atoms with Crippen LogP contribution in [0.2, 0.25) is 0 Å². The molecular weight excluding hydrogens is 342 g/mol. The molecule has 3 heterocycles. The van der Waals surface area contributed by atoms with Crippen molar-refractivity contribution in [1.82, 2.24) is 19.7 Å². The Labute approximate surface area is 156 Å². The van der Waals surface area contributed by atoms with Crippen LogP contribution in [0, 0.1) is 0 Å². The number of hydrogen-bond donors (Lipinski definition) is 1. The molecule has 1 aliphatic rings. The van der Waals surface area contributed by atoms with Crippen LogP contribution < -0.4 is 5.73 Å². The van der Waals surface area contributed by atoms with E-state index in [2.05, 4.69) is 5.10 Å². The standard InChI is InChI=1S/C20H21N5O2/c21-20(27)16-11-14-5-1-2-7-17(14)23-19(16)15-6-3-9-24(12-15)18(26)13-25-10-4-8-22-25/h1-2,4-5,7-8,10-11,15H,3,6,9,12-13H2,(H2,21,27). The molecule has 0 spiro atoms. The number of amides is 2. The fourth-order valence-corrected chi connectivity index (χ4v) is 3.70. The molecule has 1 fully saturated rings. The molecule has 7 heteroatoms. The van der Waals surface area contributed by atoms with Crippen molar-refractivity contribution in [3.05, 3.63) is 60.0 Å². The number of carbonyl (C=O) groups is 2. The SMILES string of the molecule is NC(=O)c1cc2ccccc2nc1C1CCCN(C(=O)Cn2cccn2)C1. The second-order valence-corrected chi connectivity index (χ2v) is 6.86. The molecule has 1 atom stereocenters. The maximum absolute atomic E-state index is 12.6. The van der Waals surface area contributed by atoms with Crippen LogP contribution in [0.3, 0.4) is 0 Å². The number of nitrogens with two attached hydrogens (primary N) is 1. The van der Waals surface area contributed by atoms with Crippen molar-refractivity contribution in [3.63, 3.8) is 0 Å². The van der Waals surface area contributed by atoms with Crippen molar-refractivity contribution in [3.8, 4) is 0 Å². The Hall–Kier alpha value is -3.22. The predicted molar refractivity (Wildman–Crippen MR) is 101 cm³/mol. The third kappa shape index (κ3) is 3.53. The normalized spacial score (nSPS) is 17.2. The first-order chi connectivity index (χ1) is 13.1. The second-order valence-electron chi connectivity index (χ2n) is 6.86. The number of pyridine rings is 1. The van der Waals surface area contributed by atoms with Gasteiger partial charge in [0, 0.05) is 36.8 Å². The summed E-state index contributed by atoms with van der Waals surface area (Å²) in [5.74, 6) is -0.472. The summed E-state index contributed by atoms with van der Waals surface area (Å²) in [6.45, 7) is 1.45. The van der Waals surface area contributed by atoms with Gasteiger partial charge in [0.25, 0.3) is 5.91 Å². The van der Waals surface area contributed by atoms with E-state index in [0.29, 0.717) is 24.3 Å². The van der Waals surface area contributed by atoms with Gasteiger partial charge in [-0.1, -0.05) is 18.2 Å². The van der Waals surface area contributed by atoms with Crippen LogP contribution in [-0.4, -0.2) is 44.6 Å². The third-order valence-electron chi connectivity index (χ3n) is 5.04. The first-order valence-corrected chi connectivity index (χ1v) is 9.06. The van der Waals surface area contributed by atoms with Crippen LogP contribution >= 0.6 is 0 Å². The Morgan fingerprint density at radius 3 is 2.85 bits per heavy atom. The van der Waals surface area contributed by atoms with Crippen molar-refractivity contribution >= 4 is 22.7 Å². The number of piperidine rings is 1. The van der Waals surface area contributed by atoms with Crippen molar-refractivity contribution < 1.29 is 9.59 Å². The smallest absolute Gasteiger partial charge is 0.250 e. The summed E-state index contributed by atoms with van der Waals surface area (Å²) < 4.78 is 1.62. The van der Waals surface area contributed by atoms with E-state index >= 15 is 0 Å². The predicted octanol–water partition coefficient (Wildman–Crippen LogP) is 1.94. The number of likely N-dealkylation sites (tertiary alicyclic amines) is 1.